The number of carboxylic acid groups (broad SMARTS) is 1. The first-order valence-electron chi connectivity index (χ1n) is 8.55. The lowest BCUT2D eigenvalue weighted by Crippen LogP contribution is -2.37. The zero-order valence-corrected chi connectivity index (χ0v) is 15.3. The maximum Gasteiger partial charge on any atom is 0.305 e. The zero-order chi connectivity index (χ0) is 18.9. The molecule has 2 aliphatic rings. The predicted octanol–water partition coefficient (Wildman–Crippen LogP) is 1.22. The van der Waals surface area contributed by atoms with Crippen LogP contribution >= 0.6 is 0 Å². The highest BCUT2D eigenvalue weighted by molar-refractivity contribution is 7.89. The maximum atomic E-state index is 12.8. The molecule has 8 nitrogen and oxygen atoms in total. The molecular formula is C17H22N2O6S. The molecule has 142 valence electrons. The third-order valence-electron chi connectivity index (χ3n) is 4.65. The van der Waals surface area contributed by atoms with Crippen molar-refractivity contribution in [1.82, 2.24) is 9.62 Å². The number of carbonyl (C=O) groups excluding carboxylic acids is 1. The van der Waals surface area contributed by atoms with E-state index in [1.807, 2.05) is 0 Å². The SMILES string of the molecule is COc1ccc(C(=O)N2CCCC2CC(=O)O)cc1S(=O)(=O)NC1CC1. The third-order valence-corrected chi connectivity index (χ3v) is 6.19. The van der Waals surface area contributed by atoms with Crippen molar-refractivity contribution in [3.8, 4) is 5.75 Å². The van der Waals surface area contributed by atoms with Crippen molar-refractivity contribution < 1.29 is 27.9 Å². The molecule has 2 N–H and O–H groups in total. The molecule has 1 aromatic carbocycles. The lowest BCUT2D eigenvalue weighted by Gasteiger charge is -2.24. The molecule has 1 saturated carbocycles. The second-order valence-electron chi connectivity index (χ2n) is 6.65. The number of methoxy groups -OCH3 is 1. The maximum absolute atomic E-state index is 12.8. The topological polar surface area (TPSA) is 113 Å². The van der Waals surface area contributed by atoms with Crippen molar-refractivity contribution in [2.24, 2.45) is 0 Å². The summed E-state index contributed by atoms with van der Waals surface area (Å²) in [6.07, 6.45) is 2.84. The first kappa shape index (κ1) is 18.7. The van der Waals surface area contributed by atoms with Crippen LogP contribution in [0.5, 0.6) is 5.75 Å². The first-order valence-corrected chi connectivity index (χ1v) is 10.0. The van der Waals surface area contributed by atoms with Crippen LogP contribution in [0.2, 0.25) is 0 Å². The van der Waals surface area contributed by atoms with Crippen molar-refractivity contribution in [3.63, 3.8) is 0 Å². The van der Waals surface area contributed by atoms with E-state index in [1.54, 1.807) is 0 Å². The van der Waals surface area contributed by atoms with Crippen molar-refractivity contribution >= 4 is 21.9 Å². The number of hydrogen-bond acceptors (Lipinski definition) is 5. The van der Waals surface area contributed by atoms with E-state index in [-0.39, 0.29) is 40.6 Å². The molecule has 1 aliphatic heterocycles. The van der Waals surface area contributed by atoms with Crippen LogP contribution in [0.15, 0.2) is 23.1 Å². The zero-order valence-electron chi connectivity index (χ0n) is 14.5. The molecule has 1 unspecified atom stereocenters. The number of benzene rings is 1. The van der Waals surface area contributed by atoms with Gasteiger partial charge in [0.25, 0.3) is 5.91 Å². The number of carbonyl (C=O) groups is 2. The summed E-state index contributed by atoms with van der Waals surface area (Å²) in [6, 6.07) is 3.83. The summed E-state index contributed by atoms with van der Waals surface area (Å²) in [7, 11) is -2.42. The van der Waals surface area contributed by atoms with Gasteiger partial charge in [-0.05, 0) is 43.9 Å². The van der Waals surface area contributed by atoms with Gasteiger partial charge < -0.3 is 14.7 Å². The minimum absolute atomic E-state index is 0.0670. The van der Waals surface area contributed by atoms with Gasteiger partial charge in [0.15, 0.2) is 0 Å². The molecule has 1 amide bonds. The lowest BCUT2D eigenvalue weighted by atomic mass is 10.1. The minimum atomic E-state index is -3.79. The molecule has 0 spiro atoms. The fourth-order valence-corrected chi connectivity index (χ4v) is 4.69. The van der Waals surface area contributed by atoms with Gasteiger partial charge in [-0.1, -0.05) is 0 Å². The van der Waals surface area contributed by atoms with Crippen LogP contribution in [0.1, 0.15) is 42.5 Å². The minimum Gasteiger partial charge on any atom is -0.495 e. The summed E-state index contributed by atoms with van der Waals surface area (Å²) in [5.74, 6) is -1.15. The van der Waals surface area contributed by atoms with Crippen LogP contribution < -0.4 is 9.46 Å². The van der Waals surface area contributed by atoms with Crippen LogP contribution in [0.25, 0.3) is 0 Å². The van der Waals surface area contributed by atoms with Crippen molar-refractivity contribution in [2.45, 2.75) is 49.1 Å². The van der Waals surface area contributed by atoms with Gasteiger partial charge in [-0.2, -0.15) is 0 Å². The molecule has 0 aromatic heterocycles. The Morgan fingerprint density at radius 2 is 2.04 bits per heavy atom. The Morgan fingerprint density at radius 1 is 1.31 bits per heavy atom. The molecule has 26 heavy (non-hydrogen) atoms. The number of aliphatic carboxylic acids is 1. The summed E-state index contributed by atoms with van der Waals surface area (Å²) in [5.41, 5.74) is 0.208. The lowest BCUT2D eigenvalue weighted by molar-refractivity contribution is -0.137. The summed E-state index contributed by atoms with van der Waals surface area (Å²) < 4.78 is 32.9. The Labute approximate surface area is 152 Å². The van der Waals surface area contributed by atoms with Crippen molar-refractivity contribution in [1.29, 1.82) is 0 Å². The molecule has 1 atom stereocenters. The van der Waals surface area contributed by atoms with Crippen molar-refractivity contribution in [3.05, 3.63) is 23.8 Å². The highest BCUT2D eigenvalue weighted by Crippen LogP contribution is 2.30. The van der Waals surface area contributed by atoms with Crippen LogP contribution in [-0.2, 0) is 14.8 Å². The average molecular weight is 382 g/mol. The number of nitrogens with one attached hydrogen (secondary N) is 1. The number of nitrogens with zero attached hydrogens (tertiary/aromatic N) is 1. The number of likely N-dealkylation sites (tertiary alicyclic amines) is 1. The summed E-state index contributed by atoms with van der Waals surface area (Å²) >= 11 is 0. The van der Waals surface area contributed by atoms with Crippen LogP contribution in [0.4, 0.5) is 0 Å². The average Bonchev–Trinajstić information content (AvgIpc) is 3.28. The third kappa shape index (κ3) is 3.99. The molecule has 1 aromatic rings. The Morgan fingerprint density at radius 3 is 2.65 bits per heavy atom. The molecule has 0 radical (unpaired) electrons. The van der Waals surface area contributed by atoms with E-state index in [2.05, 4.69) is 4.72 Å². The number of ether oxygens (including phenoxy) is 1. The highest BCUT2D eigenvalue weighted by atomic mass is 32.2. The van der Waals surface area contributed by atoms with E-state index < -0.39 is 16.0 Å². The molecule has 3 rings (SSSR count). The van der Waals surface area contributed by atoms with Gasteiger partial charge in [0.2, 0.25) is 10.0 Å². The van der Waals surface area contributed by atoms with E-state index in [9.17, 15) is 18.0 Å². The predicted molar refractivity (Wildman–Crippen MR) is 92.6 cm³/mol. The molecular weight excluding hydrogens is 360 g/mol. The van der Waals surface area contributed by atoms with E-state index in [0.29, 0.717) is 13.0 Å². The van der Waals surface area contributed by atoms with Gasteiger partial charge in [-0.3, -0.25) is 9.59 Å². The summed E-state index contributed by atoms with van der Waals surface area (Å²) in [4.78, 5) is 25.3. The second kappa shape index (κ2) is 7.24. The Balaban J connectivity index is 1.89. The van der Waals surface area contributed by atoms with Gasteiger partial charge in [0.1, 0.15) is 10.6 Å². The molecule has 1 heterocycles. The van der Waals surface area contributed by atoms with Gasteiger partial charge in [-0.15, -0.1) is 0 Å². The normalized spacial score (nSPS) is 20.2. The smallest absolute Gasteiger partial charge is 0.305 e. The fraction of sp³-hybridized carbons (Fsp3) is 0.529. The van der Waals surface area contributed by atoms with E-state index in [4.69, 9.17) is 9.84 Å². The Bertz CT molecular complexity index is 819. The van der Waals surface area contributed by atoms with Crippen LogP contribution in [0.3, 0.4) is 0 Å². The quantitative estimate of drug-likeness (QED) is 0.733. The van der Waals surface area contributed by atoms with E-state index in [1.165, 1.54) is 30.2 Å². The van der Waals surface area contributed by atoms with Gasteiger partial charge in [-0.25, -0.2) is 13.1 Å². The molecule has 0 bridgehead atoms. The molecule has 1 saturated heterocycles. The standard InChI is InChI=1S/C17H22N2O6S/c1-25-14-7-4-11(9-15(14)26(23,24)18-12-5-6-12)17(22)19-8-2-3-13(19)10-16(20)21/h4,7,9,12-13,18H,2-3,5-6,8,10H2,1H3,(H,20,21). The summed E-state index contributed by atoms with van der Waals surface area (Å²) in [5, 5.41) is 9.01. The number of hydrogen-bond donors (Lipinski definition) is 2. The molecule has 9 heteroatoms. The fourth-order valence-electron chi connectivity index (χ4n) is 3.19. The monoisotopic (exact) mass is 382 g/mol. The van der Waals surface area contributed by atoms with Gasteiger partial charge >= 0.3 is 5.97 Å². The Kier molecular flexibility index (Phi) is 5.19. The number of rotatable bonds is 7. The largest absolute Gasteiger partial charge is 0.495 e. The highest BCUT2D eigenvalue weighted by Gasteiger charge is 2.33. The Hall–Kier alpha value is -2.13. The van der Waals surface area contributed by atoms with Crippen LogP contribution in [0, 0.1) is 0 Å². The first-order chi connectivity index (χ1) is 12.3. The van der Waals surface area contributed by atoms with Crippen LogP contribution in [-0.4, -0.2) is 56.0 Å². The molecule has 2 fully saturated rings. The second-order valence-corrected chi connectivity index (χ2v) is 8.34. The number of amides is 1. The van der Waals surface area contributed by atoms with Gasteiger partial charge in [0.05, 0.1) is 13.5 Å². The number of carboxylic acids is 1. The number of sulfonamides is 1. The van der Waals surface area contributed by atoms with Crippen molar-refractivity contribution in [2.75, 3.05) is 13.7 Å². The summed E-state index contributed by atoms with van der Waals surface area (Å²) in [6.45, 7) is 0.464. The van der Waals surface area contributed by atoms with Gasteiger partial charge in [0, 0.05) is 24.2 Å². The molecule has 1 aliphatic carbocycles. The van der Waals surface area contributed by atoms with E-state index >= 15 is 0 Å². The van der Waals surface area contributed by atoms with E-state index in [0.717, 1.165) is 19.3 Å².